The fourth-order valence-electron chi connectivity index (χ4n) is 2.46. The predicted octanol–water partition coefficient (Wildman–Crippen LogP) is 5.22. The highest BCUT2D eigenvalue weighted by Crippen LogP contribution is 2.20. The van der Waals surface area contributed by atoms with Crippen LogP contribution in [0.1, 0.15) is 44.4 Å². The molecule has 2 rings (SSSR count). The Morgan fingerprint density at radius 2 is 1.83 bits per heavy atom. The first-order chi connectivity index (χ1) is 11.5. The molecule has 24 heavy (non-hydrogen) atoms. The Morgan fingerprint density at radius 1 is 1.12 bits per heavy atom. The van der Waals surface area contributed by atoms with Crippen LogP contribution in [-0.2, 0) is 0 Å². The van der Waals surface area contributed by atoms with Crippen molar-refractivity contribution < 1.29 is 4.74 Å². The fourth-order valence-corrected chi connectivity index (χ4v) is 2.72. The smallest absolute Gasteiger partial charge is 0.171 e. The number of hydrogen-bond acceptors (Lipinski definition) is 2. The minimum Gasteiger partial charge on any atom is -0.491 e. The molecule has 2 aromatic rings. The molecule has 0 unspecified atom stereocenters. The molecule has 0 radical (unpaired) electrons. The Balaban J connectivity index is 2.00. The highest BCUT2D eigenvalue weighted by molar-refractivity contribution is 7.80. The van der Waals surface area contributed by atoms with Crippen LogP contribution < -0.4 is 15.4 Å². The first-order valence-corrected chi connectivity index (χ1v) is 8.79. The third-order valence-corrected chi connectivity index (χ3v) is 3.88. The lowest BCUT2D eigenvalue weighted by Gasteiger charge is -2.20. The van der Waals surface area contributed by atoms with Gasteiger partial charge >= 0.3 is 0 Å². The summed E-state index contributed by atoms with van der Waals surface area (Å²) in [5.41, 5.74) is 3.42. The largest absolute Gasteiger partial charge is 0.491 e. The maximum absolute atomic E-state index is 5.72. The van der Waals surface area contributed by atoms with Crippen LogP contribution in [0.25, 0.3) is 0 Å². The van der Waals surface area contributed by atoms with E-state index in [0.717, 1.165) is 17.9 Å². The molecule has 128 valence electrons. The van der Waals surface area contributed by atoms with E-state index in [4.69, 9.17) is 17.0 Å². The van der Waals surface area contributed by atoms with Gasteiger partial charge in [-0.15, -0.1) is 0 Å². The Bertz CT molecular complexity index is 668. The van der Waals surface area contributed by atoms with Gasteiger partial charge in [-0.3, -0.25) is 0 Å². The van der Waals surface area contributed by atoms with Crippen LogP contribution in [0.4, 0.5) is 5.69 Å². The van der Waals surface area contributed by atoms with Crippen molar-refractivity contribution in [2.24, 2.45) is 0 Å². The van der Waals surface area contributed by atoms with Crippen LogP contribution in [0.3, 0.4) is 0 Å². The van der Waals surface area contributed by atoms with Crippen molar-refractivity contribution in [2.75, 3.05) is 5.32 Å². The number of nitrogens with one attached hydrogen (secondary N) is 2. The molecule has 0 saturated heterocycles. The number of aryl methyl sites for hydroxylation is 1. The van der Waals surface area contributed by atoms with Gasteiger partial charge in [-0.1, -0.05) is 42.8 Å². The van der Waals surface area contributed by atoms with Gasteiger partial charge in [-0.05, 0) is 57.1 Å². The van der Waals surface area contributed by atoms with E-state index in [1.165, 1.54) is 11.1 Å². The SMILES string of the molecule is CC[C@H](NC(=S)Nc1cccc(OC(C)C)c1)c1ccc(C)cc1. The second-order valence-electron chi connectivity index (χ2n) is 6.16. The number of anilines is 1. The van der Waals surface area contributed by atoms with Crippen LogP contribution in [0, 0.1) is 6.92 Å². The summed E-state index contributed by atoms with van der Waals surface area (Å²) in [4.78, 5) is 0. The van der Waals surface area contributed by atoms with Crippen LogP contribution >= 0.6 is 12.2 Å². The maximum atomic E-state index is 5.72. The molecule has 0 aromatic heterocycles. The predicted molar refractivity (Wildman–Crippen MR) is 106 cm³/mol. The summed E-state index contributed by atoms with van der Waals surface area (Å²) < 4.78 is 5.72. The summed E-state index contributed by atoms with van der Waals surface area (Å²) in [6.07, 6.45) is 1.11. The van der Waals surface area contributed by atoms with E-state index in [9.17, 15) is 0 Å². The van der Waals surface area contributed by atoms with E-state index in [1.54, 1.807) is 0 Å². The molecule has 0 saturated carbocycles. The number of rotatable bonds is 6. The Kier molecular flexibility index (Phi) is 6.62. The van der Waals surface area contributed by atoms with E-state index >= 15 is 0 Å². The minimum absolute atomic E-state index is 0.149. The molecule has 2 aromatic carbocycles. The molecule has 0 aliphatic carbocycles. The second-order valence-corrected chi connectivity index (χ2v) is 6.57. The fraction of sp³-hybridized carbons (Fsp3) is 0.350. The minimum atomic E-state index is 0.149. The Hall–Kier alpha value is -2.07. The molecule has 4 heteroatoms. The van der Waals surface area contributed by atoms with Crippen molar-refractivity contribution in [1.29, 1.82) is 0 Å². The van der Waals surface area contributed by atoms with Gasteiger partial charge in [0.15, 0.2) is 5.11 Å². The Morgan fingerprint density at radius 3 is 2.46 bits per heavy atom. The zero-order chi connectivity index (χ0) is 17.5. The molecule has 1 atom stereocenters. The topological polar surface area (TPSA) is 33.3 Å². The lowest BCUT2D eigenvalue weighted by Crippen LogP contribution is -2.32. The van der Waals surface area contributed by atoms with E-state index in [2.05, 4.69) is 48.7 Å². The Labute approximate surface area is 150 Å². The van der Waals surface area contributed by atoms with Crippen LogP contribution in [-0.4, -0.2) is 11.2 Å². The summed E-state index contributed by atoms with van der Waals surface area (Å²) in [5.74, 6) is 0.836. The van der Waals surface area contributed by atoms with Gasteiger partial charge in [-0.25, -0.2) is 0 Å². The number of ether oxygens (including phenoxy) is 1. The van der Waals surface area contributed by atoms with Crippen molar-refractivity contribution in [2.45, 2.75) is 46.3 Å². The highest BCUT2D eigenvalue weighted by Gasteiger charge is 2.10. The molecular formula is C20H26N2OS. The van der Waals surface area contributed by atoms with E-state index < -0.39 is 0 Å². The van der Waals surface area contributed by atoms with Crippen molar-refractivity contribution >= 4 is 23.0 Å². The van der Waals surface area contributed by atoms with Crippen molar-refractivity contribution in [1.82, 2.24) is 5.32 Å². The molecule has 0 heterocycles. The van der Waals surface area contributed by atoms with Gasteiger partial charge in [0, 0.05) is 11.8 Å². The van der Waals surface area contributed by atoms with Crippen molar-refractivity contribution in [3.63, 3.8) is 0 Å². The second kappa shape index (κ2) is 8.69. The van der Waals surface area contributed by atoms with Gasteiger partial charge in [0.25, 0.3) is 0 Å². The maximum Gasteiger partial charge on any atom is 0.171 e. The zero-order valence-corrected chi connectivity index (χ0v) is 15.6. The van der Waals surface area contributed by atoms with Crippen molar-refractivity contribution in [3.8, 4) is 5.75 Å². The number of thiocarbonyl (C=S) groups is 1. The normalized spacial score (nSPS) is 11.9. The summed E-state index contributed by atoms with van der Waals surface area (Å²) in [6.45, 7) is 8.27. The first-order valence-electron chi connectivity index (χ1n) is 8.38. The summed E-state index contributed by atoms with van der Waals surface area (Å²) in [7, 11) is 0. The lowest BCUT2D eigenvalue weighted by atomic mass is 10.0. The molecule has 3 nitrogen and oxygen atoms in total. The summed E-state index contributed by atoms with van der Waals surface area (Å²) in [6, 6.07) is 16.6. The first kappa shape index (κ1) is 18.3. The molecule has 2 N–H and O–H groups in total. The van der Waals surface area contributed by atoms with Gasteiger partial charge in [-0.2, -0.15) is 0 Å². The highest BCUT2D eigenvalue weighted by atomic mass is 32.1. The van der Waals surface area contributed by atoms with E-state index in [-0.39, 0.29) is 12.1 Å². The molecule has 0 aliphatic heterocycles. The molecule has 0 spiro atoms. The van der Waals surface area contributed by atoms with Crippen LogP contribution in [0.15, 0.2) is 48.5 Å². The van der Waals surface area contributed by atoms with Gasteiger partial charge in [0.05, 0.1) is 12.1 Å². The zero-order valence-electron chi connectivity index (χ0n) is 14.8. The van der Waals surface area contributed by atoms with Crippen LogP contribution in [0.5, 0.6) is 5.75 Å². The monoisotopic (exact) mass is 342 g/mol. The third-order valence-electron chi connectivity index (χ3n) is 3.66. The summed E-state index contributed by atoms with van der Waals surface area (Å²) >= 11 is 5.47. The number of benzene rings is 2. The molecule has 0 fully saturated rings. The molecule has 0 bridgehead atoms. The van der Waals surface area contributed by atoms with Gasteiger partial charge in [0.1, 0.15) is 5.75 Å². The third kappa shape index (κ3) is 5.53. The standard InChI is InChI=1S/C20H26N2OS/c1-5-19(16-11-9-15(4)10-12-16)22-20(24)21-17-7-6-8-18(13-17)23-14(2)3/h6-14,19H,5H2,1-4H3,(H2,21,22,24)/t19-/m0/s1. The average Bonchev–Trinajstić information content (AvgIpc) is 2.53. The quantitative estimate of drug-likeness (QED) is 0.705. The molecular weight excluding hydrogens is 316 g/mol. The molecule has 0 aliphatic rings. The van der Waals surface area contributed by atoms with Crippen molar-refractivity contribution in [3.05, 3.63) is 59.7 Å². The van der Waals surface area contributed by atoms with E-state index in [0.29, 0.717) is 5.11 Å². The average molecular weight is 343 g/mol. The number of hydrogen-bond donors (Lipinski definition) is 2. The summed E-state index contributed by atoms with van der Waals surface area (Å²) in [5, 5.41) is 7.25. The van der Waals surface area contributed by atoms with Gasteiger partial charge < -0.3 is 15.4 Å². The van der Waals surface area contributed by atoms with Gasteiger partial charge in [0.2, 0.25) is 0 Å². The molecule has 0 amide bonds. The van der Waals surface area contributed by atoms with E-state index in [1.807, 2.05) is 38.1 Å². The lowest BCUT2D eigenvalue weighted by molar-refractivity contribution is 0.242. The van der Waals surface area contributed by atoms with Crippen LogP contribution in [0.2, 0.25) is 0 Å².